The van der Waals surface area contributed by atoms with Crippen LogP contribution in [0.1, 0.15) is 23.6 Å². The zero-order chi connectivity index (χ0) is 19.8. The second-order valence-corrected chi connectivity index (χ2v) is 7.12. The Kier molecular flexibility index (Phi) is 7.39. The standard InChI is InChI=1S/C22H22BrFN2O2/c1-2-27-21-12-17(14-26-13-16-7-9-25-10-8-16)11-19(23)22(21)28-15-18-5-3-4-6-20(18)24/h3-12,26H,2,13-15H2,1H3/p+1. The first-order valence-corrected chi connectivity index (χ1v) is 9.98. The molecule has 1 heterocycles. The Bertz CT molecular complexity index is 906. The number of quaternary nitrogens is 1. The summed E-state index contributed by atoms with van der Waals surface area (Å²) in [5.74, 6) is 0.961. The van der Waals surface area contributed by atoms with Gasteiger partial charge in [0.25, 0.3) is 0 Å². The molecule has 3 aromatic rings. The lowest BCUT2D eigenvalue weighted by Gasteiger charge is -2.15. The third-order valence-electron chi connectivity index (χ3n) is 4.21. The van der Waals surface area contributed by atoms with Crippen molar-refractivity contribution in [2.75, 3.05) is 6.61 Å². The van der Waals surface area contributed by atoms with Crippen LogP contribution in [0.4, 0.5) is 4.39 Å². The van der Waals surface area contributed by atoms with Gasteiger partial charge in [0.05, 0.1) is 11.1 Å². The summed E-state index contributed by atoms with van der Waals surface area (Å²) < 4.78 is 26.3. The van der Waals surface area contributed by atoms with Gasteiger partial charge in [0.1, 0.15) is 25.5 Å². The highest BCUT2D eigenvalue weighted by molar-refractivity contribution is 9.10. The van der Waals surface area contributed by atoms with Gasteiger partial charge in [-0.05, 0) is 53.2 Å². The summed E-state index contributed by atoms with van der Waals surface area (Å²) in [6, 6.07) is 14.6. The van der Waals surface area contributed by atoms with Crippen LogP contribution in [-0.2, 0) is 19.7 Å². The fourth-order valence-corrected chi connectivity index (χ4v) is 3.44. The number of nitrogens with two attached hydrogens (primary N) is 1. The fraction of sp³-hybridized carbons (Fsp3) is 0.227. The molecule has 0 saturated heterocycles. The normalized spacial score (nSPS) is 10.7. The molecule has 0 aliphatic carbocycles. The van der Waals surface area contributed by atoms with E-state index < -0.39 is 0 Å². The number of nitrogens with zero attached hydrogens (tertiary/aromatic N) is 1. The van der Waals surface area contributed by atoms with Crippen LogP contribution < -0.4 is 14.8 Å². The molecule has 2 aromatic carbocycles. The average Bonchev–Trinajstić information content (AvgIpc) is 2.70. The van der Waals surface area contributed by atoms with E-state index >= 15 is 0 Å². The lowest BCUT2D eigenvalue weighted by molar-refractivity contribution is -0.686. The second kappa shape index (κ2) is 10.2. The summed E-state index contributed by atoms with van der Waals surface area (Å²) in [7, 11) is 0. The zero-order valence-corrected chi connectivity index (χ0v) is 17.3. The SMILES string of the molecule is CCOc1cc(C[NH2+]Cc2ccncc2)cc(Br)c1OCc1ccccc1F. The smallest absolute Gasteiger partial charge is 0.175 e. The van der Waals surface area contributed by atoms with E-state index in [1.165, 1.54) is 11.6 Å². The number of aromatic nitrogens is 1. The van der Waals surface area contributed by atoms with E-state index in [0.29, 0.717) is 23.7 Å². The van der Waals surface area contributed by atoms with Crippen molar-refractivity contribution in [2.24, 2.45) is 0 Å². The van der Waals surface area contributed by atoms with Crippen molar-refractivity contribution in [3.05, 3.63) is 87.9 Å². The maximum Gasteiger partial charge on any atom is 0.175 e. The minimum atomic E-state index is -0.279. The molecule has 0 spiro atoms. The van der Waals surface area contributed by atoms with Crippen LogP contribution >= 0.6 is 15.9 Å². The Hall–Kier alpha value is -2.44. The first-order chi connectivity index (χ1) is 13.7. The average molecular weight is 446 g/mol. The van der Waals surface area contributed by atoms with Crippen molar-refractivity contribution in [1.29, 1.82) is 0 Å². The van der Waals surface area contributed by atoms with E-state index in [1.807, 2.05) is 31.2 Å². The first kappa shape index (κ1) is 20.3. The maximum absolute atomic E-state index is 13.9. The molecule has 2 N–H and O–H groups in total. The van der Waals surface area contributed by atoms with Crippen molar-refractivity contribution in [2.45, 2.75) is 26.6 Å². The van der Waals surface area contributed by atoms with Gasteiger partial charge in [-0.1, -0.05) is 18.2 Å². The highest BCUT2D eigenvalue weighted by Gasteiger charge is 2.14. The number of hydrogen-bond acceptors (Lipinski definition) is 3. The van der Waals surface area contributed by atoms with Gasteiger partial charge < -0.3 is 14.8 Å². The summed E-state index contributed by atoms with van der Waals surface area (Å²) in [6.07, 6.45) is 3.60. The van der Waals surface area contributed by atoms with Crippen molar-refractivity contribution in [1.82, 2.24) is 4.98 Å². The predicted octanol–water partition coefficient (Wildman–Crippen LogP) is 4.22. The Morgan fingerprint density at radius 3 is 2.50 bits per heavy atom. The topological polar surface area (TPSA) is 48.0 Å². The largest absolute Gasteiger partial charge is 0.490 e. The summed E-state index contributed by atoms with van der Waals surface area (Å²) in [6.45, 7) is 4.26. The van der Waals surface area contributed by atoms with Crippen molar-refractivity contribution in [3.63, 3.8) is 0 Å². The Labute approximate surface area is 172 Å². The third-order valence-corrected chi connectivity index (χ3v) is 4.80. The quantitative estimate of drug-likeness (QED) is 0.536. The molecule has 0 amide bonds. The third kappa shape index (κ3) is 5.53. The molecular formula is C22H23BrFN2O2+. The van der Waals surface area contributed by atoms with Crippen LogP contribution in [0.2, 0.25) is 0 Å². The van der Waals surface area contributed by atoms with E-state index in [1.54, 1.807) is 30.6 Å². The number of hydrogen-bond donors (Lipinski definition) is 1. The van der Waals surface area contributed by atoms with Gasteiger partial charge in [-0.3, -0.25) is 4.98 Å². The summed E-state index contributed by atoms with van der Waals surface area (Å²) in [5.41, 5.74) is 2.85. The molecule has 3 rings (SSSR count). The number of halogens is 2. The van der Waals surface area contributed by atoms with Crippen LogP contribution in [0.15, 0.2) is 65.4 Å². The van der Waals surface area contributed by atoms with Crippen LogP contribution in [0.5, 0.6) is 11.5 Å². The van der Waals surface area contributed by atoms with Gasteiger partial charge in [0.2, 0.25) is 0 Å². The lowest BCUT2D eigenvalue weighted by atomic mass is 10.2. The molecular weight excluding hydrogens is 423 g/mol. The Morgan fingerprint density at radius 1 is 1.00 bits per heavy atom. The summed E-state index contributed by atoms with van der Waals surface area (Å²) >= 11 is 3.58. The number of pyridine rings is 1. The molecule has 0 aliphatic heterocycles. The monoisotopic (exact) mass is 445 g/mol. The van der Waals surface area contributed by atoms with Crippen LogP contribution in [0.3, 0.4) is 0 Å². The van der Waals surface area contributed by atoms with Crippen LogP contribution in [0, 0.1) is 5.82 Å². The number of rotatable bonds is 9. The Morgan fingerprint density at radius 2 is 1.75 bits per heavy atom. The van der Waals surface area contributed by atoms with E-state index in [4.69, 9.17) is 9.47 Å². The molecule has 0 unspecified atom stereocenters. The molecule has 6 heteroatoms. The van der Waals surface area contributed by atoms with E-state index in [2.05, 4.69) is 26.2 Å². The minimum absolute atomic E-state index is 0.138. The molecule has 0 atom stereocenters. The minimum Gasteiger partial charge on any atom is -0.490 e. The number of ether oxygens (including phenoxy) is 2. The molecule has 0 fully saturated rings. The maximum atomic E-state index is 13.9. The van der Waals surface area contributed by atoms with E-state index in [-0.39, 0.29) is 12.4 Å². The fourth-order valence-electron chi connectivity index (χ4n) is 2.83. The zero-order valence-electron chi connectivity index (χ0n) is 15.7. The molecule has 0 saturated carbocycles. The molecule has 0 aliphatic rings. The van der Waals surface area contributed by atoms with Crippen LogP contribution in [0.25, 0.3) is 0 Å². The molecule has 1 aromatic heterocycles. The molecule has 146 valence electrons. The van der Waals surface area contributed by atoms with Gasteiger partial charge >= 0.3 is 0 Å². The predicted molar refractivity (Wildman–Crippen MR) is 110 cm³/mol. The molecule has 4 nitrogen and oxygen atoms in total. The van der Waals surface area contributed by atoms with Gasteiger partial charge in [-0.15, -0.1) is 0 Å². The first-order valence-electron chi connectivity index (χ1n) is 9.19. The Balaban J connectivity index is 1.69. The van der Waals surface area contributed by atoms with Crippen molar-refractivity contribution < 1.29 is 19.2 Å². The van der Waals surface area contributed by atoms with Gasteiger partial charge in [-0.2, -0.15) is 0 Å². The van der Waals surface area contributed by atoms with Gasteiger partial charge in [0, 0.05) is 29.1 Å². The molecule has 28 heavy (non-hydrogen) atoms. The van der Waals surface area contributed by atoms with E-state index in [0.717, 1.165) is 23.1 Å². The van der Waals surface area contributed by atoms with E-state index in [9.17, 15) is 4.39 Å². The summed E-state index contributed by atoms with van der Waals surface area (Å²) in [5, 5.41) is 2.21. The highest BCUT2D eigenvalue weighted by atomic mass is 79.9. The second-order valence-electron chi connectivity index (χ2n) is 6.27. The molecule has 0 radical (unpaired) electrons. The summed E-state index contributed by atoms with van der Waals surface area (Å²) in [4.78, 5) is 4.04. The van der Waals surface area contributed by atoms with Crippen molar-refractivity contribution in [3.8, 4) is 11.5 Å². The van der Waals surface area contributed by atoms with Gasteiger partial charge in [-0.25, -0.2) is 4.39 Å². The number of benzene rings is 2. The van der Waals surface area contributed by atoms with Gasteiger partial charge in [0.15, 0.2) is 11.5 Å². The highest BCUT2D eigenvalue weighted by Crippen LogP contribution is 2.37. The molecule has 0 bridgehead atoms. The van der Waals surface area contributed by atoms with Crippen molar-refractivity contribution >= 4 is 15.9 Å². The van der Waals surface area contributed by atoms with Crippen LogP contribution in [-0.4, -0.2) is 11.6 Å². The lowest BCUT2D eigenvalue weighted by Crippen LogP contribution is -2.80.